The molecule has 0 N–H and O–H groups in total. The van der Waals surface area contributed by atoms with Gasteiger partial charge in [0.1, 0.15) is 0 Å². The fourth-order valence-corrected chi connectivity index (χ4v) is 5.05. The van der Waals surface area contributed by atoms with Gasteiger partial charge in [-0.1, -0.05) is 65.8 Å². The van der Waals surface area contributed by atoms with Crippen LogP contribution in [0.25, 0.3) is 16.5 Å². The first kappa shape index (κ1) is 22.6. The Balaban J connectivity index is 1.38. The molecule has 5 aromatic rings. The molecule has 3 aromatic carbocycles. The smallest absolute Gasteiger partial charge is 0.196 e. The summed E-state index contributed by atoms with van der Waals surface area (Å²) in [5.41, 5.74) is 3.42. The molecule has 0 amide bonds. The second kappa shape index (κ2) is 10.4. The van der Waals surface area contributed by atoms with Crippen molar-refractivity contribution in [3.05, 3.63) is 113 Å². The van der Waals surface area contributed by atoms with Crippen molar-refractivity contribution >= 4 is 34.1 Å². The molecule has 0 aliphatic heterocycles. The van der Waals surface area contributed by atoms with Crippen LogP contribution in [-0.4, -0.2) is 31.7 Å². The molecule has 170 valence electrons. The van der Waals surface area contributed by atoms with Crippen molar-refractivity contribution in [1.29, 1.82) is 0 Å². The van der Waals surface area contributed by atoms with E-state index in [2.05, 4.69) is 74.2 Å². The van der Waals surface area contributed by atoms with Gasteiger partial charge in [0.15, 0.2) is 11.0 Å². The minimum Gasteiger partial charge on any atom is -0.295 e. The average Bonchev–Trinajstić information content (AvgIpc) is 3.25. The van der Waals surface area contributed by atoms with Crippen molar-refractivity contribution in [2.45, 2.75) is 24.0 Å². The predicted molar refractivity (Wildman–Crippen MR) is 139 cm³/mol. The maximum Gasteiger partial charge on any atom is 0.196 e. The highest BCUT2D eigenvalue weighted by Crippen LogP contribution is 2.27. The zero-order valence-electron chi connectivity index (χ0n) is 18.8. The Bertz CT molecular complexity index is 1400. The van der Waals surface area contributed by atoms with Crippen LogP contribution < -0.4 is 0 Å². The van der Waals surface area contributed by atoms with E-state index in [0.29, 0.717) is 11.6 Å². The van der Waals surface area contributed by atoms with Crippen molar-refractivity contribution < 1.29 is 0 Å². The van der Waals surface area contributed by atoms with Gasteiger partial charge in [-0.2, -0.15) is 0 Å². The van der Waals surface area contributed by atoms with Crippen LogP contribution in [-0.2, 0) is 18.8 Å². The highest BCUT2D eigenvalue weighted by atomic mass is 35.5. The average molecular weight is 486 g/mol. The number of rotatable bonds is 8. The molecule has 2 heterocycles. The summed E-state index contributed by atoms with van der Waals surface area (Å²) in [6.07, 6.45) is 3.62. The van der Waals surface area contributed by atoms with E-state index >= 15 is 0 Å². The van der Waals surface area contributed by atoms with E-state index in [0.717, 1.165) is 29.0 Å². The number of benzene rings is 3. The van der Waals surface area contributed by atoms with E-state index in [4.69, 9.17) is 11.6 Å². The molecule has 7 heteroatoms. The molecule has 34 heavy (non-hydrogen) atoms. The van der Waals surface area contributed by atoms with E-state index in [9.17, 15) is 0 Å². The topological polar surface area (TPSA) is 46.8 Å². The molecule has 0 spiro atoms. The second-order valence-corrected chi connectivity index (χ2v) is 9.59. The molecular weight excluding hydrogens is 462 g/mol. The van der Waals surface area contributed by atoms with E-state index < -0.39 is 0 Å². The van der Waals surface area contributed by atoms with Gasteiger partial charge < -0.3 is 0 Å². The van der Waals surface area contributed by atoms with Crippen molar-refractivity contribution in [1.82, 2.24) is 24.6 Å². The van der Waals surface area contributed by atoms with Gasteiger partial charge in [0.25, 0.3) is 0 Å². The minimum absolute atomic E-state index is 0.655. The van der Waals surface area contributed by atoms with Gasteiger partial charge in [-0.05, 0) is 65.3 Å². The molecule has 0 saturated heterocycles. The van der Waals surface area contributed by atoms with Crippen LogP contribution in [0.15, 0.2) is 96.4 Å². The Kier molecular flexibility index (Phi) is 6.90. The van der Waals surface area contributed by atoms with E-state index in [1.54, 1.807) is 11.8 Å². The van der Waals surface area contributed by atoms with E-state index in [1.807, 2.05) is 48.8 Å². The summed E-state index contributed by atoms with van der Waals surface area (Å²) in [7, 11) is 2.11. The van der Waals surface area contributed by atoms with Crippen molar-refractivity contribution in [3.63, 3.8) is 0 Å². The fraction of sp³-hybridized carbons (Fsp3) is 0.148. The number of hydrogen-bond acceptors (Lipinski definition) is 5. The lowest BCUT2D eigenvalue weighted by Crippen LogP contribution is -2.20. The molecule has 0 atom stereocenters. The van der Waals surface area contributed by atoms with Crippen LogP contribution in [0, 0.1) is 0 Å². The van der Waals surface area contributed by atoms with Crippen LogP contribution >= 0.6 is 23.4 Å². The summed E-state index contributed by atoms with van der Waals surface area (Å²) in [6.45, 7) is 1.47. The summed E-state index contributed by atoms with van der Waals surface area (Å²) in [5, 5.41) is 13.1. The van der Waals surface area contributed by atoms with Gasteiger partial charge in [0.05, 0.1) is 12.2 Å². The van der Waals surface area contributed by atoms with Crippen LogP contribution in [0.2, 0.25) is 5.02 Å². The minimum atomic E-state index is 0.655. The third-order valence-electron chi connectivity index (χ3n) is 5.56. The number of halogens is 1. The first-order valence-electron chi connectivity index (χ1n) is 11.0. The maximum atomic E-state index is 6.32. The monoisotopic (exact) mass is 485 g/mol. The van der Waals surface area contributed by atoms with Crippen LogP contribution in [0.3, 0.4) is 0 Å². The zero-order chi connectivity index (χ0) is 23.3. The molecule has 0 aliphatic rings. The van der Waals surface area contributed by atoms with Crippen molar-refractivity contribution in [2.24, 2.45) is 0 Å². The maximum absolute atomic E-state index is 6.32. The summed E-state index contributed by atoms with van der Waals surface area (Å²) < 4.78 is 2.11. The third-order valence-corrected chi connectivity index (χ3v) is 6.80. The summed E-state index contributed by atoms with van der Waals surface area (Å²) in [5.74, 6) is 1.66. The summed E-state index contributed by atoms with van der Waals surface area (Å²) >= 11 is 7.98. The standard InChI is InChI=1S/C27H24ClN5S/c1-32(17-21-9-10-22-5-2-3-6-23(22)15-21)18-26-30-31-27(34-19-20-11-13-29-14-12-20)33(26)25-8-4-7-24(28)16-25/h2-16H,17-19H2,1H3. The largest absolute Gasteiger partial charge is 0.295 e. The number of pyridine rings is 1. The van der Waals surface area contributed by atoms with E-state index in [1.165, 1.54) is 21.9 Å². The lowest BCUT2D eigenvalue weighted by Gasteiger charge is -2.18. The highest BCUT2D eigenvalue weighted by Gasteiger charge is 2.17. The van der Waals surface area contributed by atoms with Gasteiger partial charge in [-0.15, -0.1) is 10.2 Å². The SMILES string of the molecule is CN(Cc1ccc2ccccc2c1)Cc1nnc(SCc2ccncc2)n1-c1cccc(Cl)c1. The number of nitrogens with zero attached hydrogens (tertiary/aromatic N) is 5. The molecule has 5 nitrogen and oxygen atoms in total. The van der Waals surface area contributed by atoms with Crippen molar-refractivity contribution in [2.75, 3.05) is 7.05 Å². The molecule has 0 aliphatic carbocycles. The quantitative estimate of drug-likeness (QED) is 0.238. The van der Waals surface area contributed by atoms with Gasteiger partial charge in [0, 0.05) is 29.7 Å². The first-order chi connectivity index (χ1) is 16.7. The fourth-order valence-electron chi connectivity index (χ4n) is 3.94. The van der Waals surface area contributed by atoms with Gasteiger partial charge in [-0.25, -0.2) is 0 Å². The van der Waals surface area contributed by atoms with Crippen molar-refractivity contribution in [3.8, 4) is 5.69 Å². The van der Waals surface area contributed by atoms with E-state index in [-0.39, 0.29) is 0 Å². The molecule has 0 saturated carbocycles. The number of hydrogen-bond donors (Lipinski definition) is 0. The molecule has 0 radical (unpaired) electrons. The Morgan fingerprint density at radius 1 is 0.824 bits per heavy atom. The molecule has 2 aromatic heterocycles. The van der Waals surface area contributed by atoms with Crippen LogP contribution in [0.1, 0.15) is 17.0 Å². The molecule has 5 rings (SSSR count). The summed E-state index contributed by atoms with van der Waals surface area (Å²) in [4.78, 5) is 6.36. The second-order valence-electron chi connectivity index (χ2n) is 8.21. The Morgan fingerprint density at radius 2 is 1.65 bits per heavy atom. The van der Waals surface area contributed by atoms with Crippen LogP contribution in [0.5, 0.6) is 0 Å². The van der Waals surface area contributed by atoms with Gasteiger partial charge in [0.2, 0.25) is 0 Å². The predicted octanol–water partition coefficient (Wildman–Crippen LogP) is 6.39. The normalized spacial score (nSPS) is 11.4. The summed E-state index contributed by atoms with van der Waals surface area (Å²) in [6, 6.07) is 26.9. The number of thioether (sulfide) groups is 1. The number of aromatic nitrogens is 4. The van der Waals surface area contributed by atoms with Crippen LogP contribution in [0.4, 0.5) is 0 Å². The van der Waals surface area contributed by atoms with Gasteiger partial charge >= 0.3 is 0 Å². The molecular formula is C27H24ClN5S. The molecule has 0 bridgehead atoms. The number of fused-ring (bicyclic) bond motifs is 1. The zero-order valence-corrected chi connectivity index (χ0v) is 20.4. The third kappa shape index (κ3) is 5.30. The molecule has 0 unspecified atom stereocenters. The Morgan fingerprint density at radius 3 is 2.47 bits per heavy atom. The van der Waals surface area contributed by atoms with Gasteiger partial charge in [-0.3, -0.25) is 14.5 Å². The highest BCUT2D eigenvalue weighted by molar-refractivity contribution is 7.98. The lowest BCUT2D eigenvalue weighted by molar-refractivity contribution is 0.308. The first-order valence-corrected chi connectivity index (χ1v) is 12.4. The molecule has 0 fully saturated rings. The Labute approximate surface area is 208 Å². The lowest BCUT2D eigenvalue weighted by atomic mass is 10.1. The Hall–Kier alpha value is -3.19.